The van der Waals surface area contributed by atoms with Crippen molar-refractivity contribution >= 4 is 23.8 Å². The van der Waals surface area contributed by atoms with Crippen LogP contribution in [0.1, 0.15) is 70.4 Å². The molecule has 0 spiro atoms. The average molecular weight is 502 g/mol. The summed E-state index contributed by atoms with van der Waals surface area (Å²) in [6.07, 6.45) is 9.48. The fourth-order valence-corrected chi connectivity index (χ4v) is 6.24. The molecule has 1 aromatic carbocycles. The van der Waals surface area contributed by atoms with Crippen molar-refractivity contribution in [3.63, 3.8) is 0 Å². The predicted molar refractivity (Wildman–Crippen MR) is 147 cm³/mol. The summed E-state index contributed by atoms with van der Waals surface area (Å²) in [5.74, 6) is 0.669. The van der Waals surface area contributed by atoms with Crippen molar-refractivity contribution in [2.45, 2.75) is 78.0 Å². The van der Waals surface area contributed by atoms with Gasteiger partial charge < -0.3 is 19.0 Å². The van der Waals surface area contributed by atoms with Crippen LogP contribution in [-0.4, -0.2) is 56.4 Å². The lowest BCUT2D eigenvalue weighted by molar-refractivity contribution is -0.00522. The van der Waals surface area contributed by atoms with Gasteiger partial charge in [0.2, 0.25) is 0 Å². The molecule has 5 nitrogen and oxygen atoms in total. The number of piperazine rings is 1. The van der Waals surface area contributed by atoms with Crippen LogP contribution < -0.4 is 9.80 Å². The van der Waals surface area contributed by atoms with Crippen LogP contribution in [0, 0.1) is 5.41 Å². The molecule has 3 heterocycles. The van der Waals surface area contributed by atoms with Crippen molar-refractivity contribution in [3.8, 4) is 0 Å². The van der Waals surface area contributed by atoms with Crippen molar-refractivity contribution in [1.29, 1.82) is 0 Å². The molecule has 6 heteroatoms. The number of halogens is 1. The molecule has 2 aromatic rings. The summed E-state index contributed by atoms with van der Waals surface area (Å²) in [6.45, 7) is 16.6. The summed E-state index contributed by atoms with van der Waals surface area (Å²) in [6, 6.07) is 9.43. The lowest BCUT2D eigenvalue weighted by Gasteiger charge is -2.41. The highest BCUT2D eigenvalue weighted by atomic mass is 35.5. The van der Waals surface area contributed by atoms with Crippen LogP contribution in [0.5, 0.6) is 0 Å². The van der Waals surface area contributed by atoms with E-state index in [0.717, 1.165) is 45.8 Å². The number of furan rings is 1. The van der Waals surface area contributed by atoms with Gasteiger partial charge >= 0.3 is 0 Å². The van der Waals surface area contributed by atoms with E-state index in [1.807, 2.05) is 6.26 Å². The summed E-state index contributed by atoms with van der Waals surface area (Å²) in [5, 5.41) is 0. The Bertz CT molecular complexity index is 919. The molecular formula is C29H44ClN3O2. The van der Waals surface area contributed by atoms with Crippen molar-refractivity contribution < 1.29 is 9.15 Å². The van der Waals surface area contributed by atoms with E-state index < -0.39 is 0 Å². The number of benzene rings is 1. The van der Waals surface area contributed by atoms with Crippen molar-refractivity contribution in [2.75, 3.05) is 49.1 Å². The fraction of sp³-hybridized carbons (Fsp3) is 0.655. The highest BCUT2D eigenvalue weighted by Gasteiger charge is 2.31. The topological polar surface area (TPSA) is 32.1 Å². The average Bonchev–Trinajstić information content (AvgIpc) is 3.32. The molecule has 2 saturated heterocycles. The maximum absolute atomic E-state index is 6.01. The molecule has 0 amide bonds. The van der Waals surface area contributed by atoms with Gasteiger partial charge in [0, 0.05) is 62.8 Å². The van der Waals surface area contributed by atoms with E-state index in [4.69, 9.17) is 9.15 Å². The summed E-state index contributed by atoms with van der Waals surface area (Å²) in [5.41, 5.74) is 6.21. The molecule has 0 N–H and O–H groups in total. The first-order valence-corrected chi connectivity index (χ1v) is 13.4. The second-order valence-corrected chi connectivity index (χ2v) is 11.7. The summed E-state index contributed by atoms with van der Waals surface area (Å²) >= 11 is 0. The molecule has 3 fully saturated rings. The third-order valence-electron chi connectivity index (χ3n) is 8.27. The third-order valence-corrected chi connectivity index (χ3v) is 8.27. The van der Waals surface area contributed by atoms with Crippen LogP contribution in [0.4, 0.5) is 11.4 Å². The molecule has 2 atom stereocenters. The van der Waals surface area contributed by atoms with Crippen LogP contribution in [0.3, 0.4) is 0 Å². The van der Waals surface area contributed by atoms with E-state index >= 15 is 0 Å². The maximum atomic E-state index is 6.01. The van der Waals surface area contributed by atoms with Crippen molar-refractivity contribution in [1.82, 2.24) is 4.90 Å². The Morgan fingerprint density at radius 2 is 1.60 bits per heavy atom. The Balaban J connectivity index is 0.00000289. The first-order chi connectivity index (χ1) is 16.4. The van der Waals surface area contributed by atoms with Gasteiger partial charge in [-0.1, -0.05) is 13.8 Å². The smallest absolute Gasteiger partial charge is 0.0947 e. The second kappa shape index (κ2) is 11.1. The minimum atomic E-state index is 0. The van der Waals surface area contributed by atoms with Gasteiger partial charge in [-0.05, 0) is 80.7 Å². The molecule has 2 aliphatic heterocycles. The first-order valence-electron chi connectivity index (χ1n) is 13.4. The zero-order valence-corrected chi connectivity index (χ0v) is 22.9. The van der Waals surface area contributed by atoms with Crippen LogP contribution in [0.25, 0.3) is 0 Å². The maximum Gasteiger partial charge on any atom is 0.0947 e. The molecule has 194 valence electrons. The standard InChI is InChI=1S/C29H43N3O2.ClH/c1-22-18-32(19-23(2)34-22)26-5-6-28(27(17-26)25-7-10-29(3,4)11-8-25)31-14-12-30(13-15-31)20-24-9-16-33-21-24;/h5-6,9,16-17,21-23,25H,7-8,10-15,18-20H2,1-4H3;1H. The summed E-state index contributed by atoms with van der Waals surface area (Å²) < 4.78 is 11.3. The molecule has 1 aliphatic carbocycles. The molecule has 3 aliphatic rings. The Labute approximate surface area is 218 Å². The largest absolute Gasteiger partial charge is 0.472 e. The fourth-order valence-electron chi connectivity index (χ4n) is 6.24. The van der Waals surface area contributed by atoms with Crippen molar-refractivity contribution in [3.05, 3.63) is 47.9 Å². The molecule has 35 heavy (non-hydrogen) atoms. The van der Waals surface area contributed by atoms with Gasteiger partial charge in [0.1, 0.15) is 0 Å². The number of hydrogen-bond donors (Lipinski definition) is 0. The highest BCUT2D eigenvalue weighted by molar-refractivity contribution is 5.85. The SMILES string of the molecule is CC1CN(c2ccc(N3CCN(Cc4ccoc4)CC3)c(C3CCC(C)(C)CC3)c2)CC(C)O1.Cl. The number of nitrogens with zero attached hydrogens (tertiary/aromatic N) is 3. The molecule has 2 unspecified atom stereocenters. The number of ether oxygens (including phenoxy) is 1. The van der Waals surface area contributed by atoms with E-state index in [1.165, 1.54) is 42.6 Å². The number of anilines is 2. The number of morpholine rings is 1. The molecule has 0 radical (unpaired) electrons. The Hall–Kier alpha value is -1.69. The minimum Gasteiger partial charge on any atom is -0.472 e. The van der Waals surface area contributed by atoms with Gasteiger partial charge in [-0.25, -0.2) is 0 Å². The molecule has 1 saturated carbocycles. The second-order valence-electron chi connectivity index (χ2n) is 11.7. The van der Waals surface area contributed by atoms with Crippen LogP contribution >= 0.6 is 12.4 Å². The minimum absolute atomic E-state index is 0. The van der Waals surface area contributed by atoms with Gasteiger partial charge in [-0.2, -0.15) is 0 Å². The van der Waals surface area contributed by atoms with E-state index in [9.17, 15) is 0 Å². The number of hydrogen-bond acceptors (Lipinski definition) is 5. The van der Waals surface area contributed by atoms with Crippen LogP contribution in [0.2, 0.25) is 0 Å². The van der Waals surface area contributed by atoms with E-state index in [0.29, 0.717) is 11.3 Å². The molecular weight excluding hydrogens is 458 g/mol. The van der Waals surface area contributed by atoms with Crippen LogP contribution in [-0.2, 0) is 11.3 Å². The van der Waals surface area contributed by atoms with Gasteiger partial charge in [-0.3, -0.25) is 4.90 Å². The zero-order chi connectivity index (χ0) is 23.7. The monoisotopic (exact) mass is 501 g/mol. The quantitative estimate of drug-likeness (QED) is 0.478. The van der Waals surface area contributed by atoms with E-state index in [1.54, 1.807) is 11.8 Å². The Morgan fingerprint density at radius 3 is 2.23 bits per heavy atom. The normalized spacial score (nSPS) is 25.9. The third kappa shape index (κ3) is 6.36. The van der Waals surface area contributed by atoms with E-state index in [-0.39, 0.29) is 24.6 Å². The molecule has 0 bridgehead atoms. The zero-order valence-electron chi connectivity index (χ0n) is 22.0. The van der Waals surface area contributed by atoms with Crippen LogP contribution in [0.15, 0.2) is 41.2 Å². The lowest BCUT2D eigenvalue weighted by Crippen LogP contribution is -2.46. The first kappa shape index (κ1) is 26.4. The van der Waals surface area contributed by atoms with Gasteiger partial charge in [0.15, 0.2) is 0 Å². The van der Waals surface area contributed by atoms with Crippen molar-refractivity contribution in [2.24, 2.45) is 5.41 Å². The molecule has 1 aromatic heterocycles. The van der Waals surface area contributed by atoms with E-state index in [2.05, 4.69) is 66.7 Å². The number of rotatable bonds is 5. The predicted octanol–water partition coefficient (Wildman–Crippen LogP) is 6.32. The van der Waals surface area contributed by atoms with Gasteiger partial charge in [0.25, 0.3) is 0 Å². The highest BCUT2D eigenvalue weighted by Crippen LogP contribution is 2.46. The van der Waals surface area contributed by atoms with Gasteiger partial charge in [-0.15, -0.1) is 12.4 Å². The summed E-state index contributed by atoms with van der Waals surface area (Å²) in [7, 11) is 0. The Kier molecular flexibility index (Phi) is 8.40. The lowest BCUT2D eigenvalue weighted by atomic mass is 9.71. The Morgan fingerprint density at radius 1 is 0.914 bits per heavy atom. The molecule has 5 rings (SSSR count). The van der Waals surface area contributed by atoms with Gasteiger partial charge in [0.05, 0.1) is 24.7 Å². The summed E-state index contributed by atoms with van der Waals surface area (Å²) in [4.78, 5) is 7.74.